The third-order valence-corrected chi connectivity index (χ3v) is 3.96. The number of rotatable bonds is 6. The molecule has 1 aliphatic rings. The number of piperidine rings is 1. The molecule has 1 heterocycles. The van der Waals surface area contributed by atoms with Crippen molar-refractivity contribution in [3.63, 3.8) is 0 Å². The van der Waals surface area contributed by atoms with Gasteiger partial charge in [-0.1, -0.05) is 20.3 Å². The van der Waals surface area contributed by atoms with E-state index in [1.165, 1.54) is 45.2 Å². The molecule has 0 aromatic carbocycles. The van der Waals surface area contributed by atoms with E-state index in [9.17, 15) is 0 Å². The number of nitrogens with one attached hydrogen (secondary N) is 1. The van der Waals surface area contributed by atoms with Gasteiger partial charge in [-0.15, -0.1) is 0 Å². The first-order chi connectivity index (χ1) is 7.69. The van der Waals surface area contributed by atoms with Crippen LogP contribution in [-0.2, 0) is 0 Å². The van der Waals surface area contributed by atoms with Crippen molar-refractivity contribution < 1.29 is 0 Å². The van der Waals surface area contributed by atoms with Crippen LogP contribution in [0.3, 0.4) is 0 Å². The zero-order valence-corrected chi connectivity index (χ0v) is 11.6. The minimum Gasteiger partial charge on any atom is -0.312 e. The van der Waals surface area contributed by atoms with E-state index in [4.69, 9.17) is 0 Å². The van der Waals surface area contributed by atoms with Gasteiger partial charge in [0.1, 0.15) is 0 Å². The van der Waals surface area contributed by atoms with Crippen molar-refractivity contribution in [1.29, 1.82) is 0 Å². The number of nitrogens with zero attached hydrogens (tertiary/aromatic N) is 1. The van der Waals surface area contributed by atoms with E-state index >= 15 is 0 Å². The zero-order chi connectivity index (χ0) is 12.0. The third kappa shape index (κ3) is 4.06. The van der Waals surface area contributed by atoms with Crippen LogP contribution in [0.5, 0.6) is 0 Å². The van der Waals surface area contributed by atoms with Gasteiger partial charge in [-0.3, -0.25) is 4.90 Å². The van der Waals surface area contributed by atoms with Gasteiger partial charge in [0.05, 0.1) is 0 Å². The fraction of sp³-hybridized carbons (Fsp3) is 1.00. The third-order valence-electron chi connectivity index (χ3n) is 3.96. The first-order valence-corrected chi connectivity index (χ1v) is 7.18. The number of hydrogen-bond acceptors (Lipinski definition) is 2. The van der Waals surface area contributed by atoms with Crippen LogP contribution >= 0.6 is 0 Å². The summed E-state index contributed by atoms with van der Waals surface area (Å²) < 4.78 is 0. The molecule has 96 valence electrons. The van der Waals surface area contributed by atoms with Crippen LogP contribution in [0, 0.1) is 0 Å². The van der Waals surface area contributed by atoms with Crippen LogP contribution in [0.2, 0.25) is 0 Å². The molecule has 0 spiro atoms. The highest BCUT2D eigenvalue weighted by Crippen LogP contribution is 2.19. The molecule has 2 heteroatoms. The molecule has 0 aromatic heterocycles. The van der Waals surface area contributed by atoms with Crippen molar-refractivity contribution in [3.8, 4) is 0 Å². The highest BCUT2D eigenvalue weighted by atomic mass is 15.2. The standard InChI is InChI=1S/C14H30N2/c1-5-13(6-2)15-11-14-9-7-8-10-16(14)12(3)4/h12-15H,5-11H2,1-4H3. The maximum absolute atomic E-state index is 3.73. The summed E-state index contributed by atoms with van der Waals surface area (Å²) in [5.74, 6) is 0. The molecule has 0 saturated carbocycles. The number of likely N-dealkylation sites (tertiary alicyclic amines) is 1. The summed E-state index contributed by atoms with van der Waals surface area (Å²) in [4.78, 5) is 2.68. The monoisotopic (exact) mass is 226 g/mol. The highest BCUT2D eigenvalue weighted by molar-refractivity contribution is 4.82. The molecule has 0 bridgehead atoms. The molecule has 0 radical (unpaired) electrons. The van der Waals surface area contributed by atoms with Gasteiger partial charge in [0.25, 0.3) is 0 Å². The molecule has 2 nitrogen and oxygen atoms in total. The minimum atomic E-state index is 0.703. The van der Waals surface area contributed by atoms with Crippen LogP contribution in [0.25, 0.3) is 0 Å². The Morgan fingerprint density at radius 2 is 1.88 bits per heavy atom. The average molecular weight is 226 g/mol. The van der Waals surface area contributed by atoms with E-state index in [2.05, 4.69) is 37.9 Å². The topological polar surface area (TPSA) is 15.3 Å². The maximum atomic E-state index is 3.73. The first kappa shape index (κ1) is 14.0. The molecule has 1 atom stereocenters. The Morgan fingerprint density at radius 1 is 1.19 bits per heavy atom. The van der Waals surface area contributed by atoms with Gasteiger partial charge in [-0.05, 0) is 46.1 Å². The molecule has 1 N–H and O–H groups in total. The van der Waals surface area contributed by atoms with Gasteiger partial charge in [0, 0.05) is 24.7 Å². The molecule has 16 heavy (non-hydrogen) atoms. The number of hydrogen-bond donors (Lipinski definition) is 1. The van der Waals surface area contributed by atoms with Gasteiger partial charge in [-0.25, -0.2) is 0 Å². The molecule has 1 aliphatic heterocycles. The van der Waals surface area contributed by atoms with Gasteiger partial charge in [0.2, 0.25) is 0 Å². The molecule has 0 aliphatic carbocycles. The predicted molar refractivity (Wildman–Crippen MR) is 71.9 cm³/mol. The molecule has 1 rings (SSSR count). The SMILES string of the molecule is CCC(CC)NCC1CCCCN1C(C)C. The van der Waals surface area contributed by atoms with Crippen molar-refractivity contribution in [2.24, 2.45) is 0 Å². The normalized spacial score (nSPS) is 23.2. The van der Waals surface area contributed by atoms with Crippen molar-refractivity contribution in [1.82, 2.24) is 10.2 Å². The Kier molecular flexibility index (Phi) is 6.37. The Bertz CT molecular complexity index is 176. The van der Waals surface area contributed by atoms with E-state index < -0.39 is 0 Å². The Labute approximate surface area is 102 Å². The van der Waals surface area contributed by atoms with Crippen molar-refractivity contribution in [2.75, 3.05) is 13.1 Å². The second-order valence-electron chi connectivity index (χ2n) is 5.40. The van der Waals surface area contributed by atoms with Crippen LogP contribution < -0.4 is 5.32 Å². The van der Waals surface area contributed by atoms with Crippen LogP contribution in [-0.4, -0.2) is 36.1 Å². The van der Waals surface area contributed by atoms with E-state index in [0.717, 1.165) is 12.1 Å². The first-order valence-electron chi connectivity index (χ1n) is 7.18. The summed E-state index contributed by atoms with van der Waals surface area (Å²) in [5.41, 5.74) is 0. The van der Waals surface area contributed by atoms with E-state index in [0.29, 0.717) is 6.04 Å². The average Bonchev–Trinajstić information content (AvgIpc) is 2.30. The van der Waals surface area contributed by atoms with Crippen molar-refractivity contribution in [3.05, 3.63) is 0 Å². The smallest absolute Gasteiger partial charge is 0.0223 e. The quantitative estimate of drug-likeness (QED) is 0.749. The molecule has 0 aromatic rings. The predicted octanol–water partition coefficient (Wildman–Crippen LogP) is 3.03. The molecule has 1 fully saturated rings. The molecule has 1 saturated heterocycles. The van der Waals surface area contributed by atoms with Crippen molar-refractivity contribution >= 4 is 0 Å². The van der Waals surface area contributed by atoms with E-state index in [1.54, 1.807) is 0 Å². The highest BCUT2D eigenvalue weighted by Gasteiger charge is 2.24. The second-order valence-corrected chi connectivity index (χ2v) is 5.40. The van der Waals surface area contributed by atoms with E-state index in [-0.39, 0.29) is 0 Å². The molecular formula is C14H30N2. The van der Waals surface area contributed by atoms with Gasteiger partial charge >= 0.3 is 0 Å². The van der Waals surface area contributed by atoms with Gasteiger partial charge < -0.3 is 5.32 Å². The Balaban J connectivity index is 2.37. The second kappa shape index (κ2) is 7.29. The lowest BCUT2D eigenvalue weighted by atomic mass is 10.00. The molecule has 0 amide bonds. The summed E-state index contributed by atoms with van der Waals surface area (Å²) in [5, 5.41) is 3.73. The lowest BCUT2D eigenvalue weighted by Crippen LogP contribution is -2.50. The summed E-state index contributed by atoms with van der Waals surface area (Å²) in [6.45, 7) is 11.7. The molecular weight excluding hydrogens is 196 g/mol. The summed E-state index contributed by atoms with van der Waals surface area (Å²) in [6.07, 6.45) is 6.69. The minimum absolute atomic E-state index is 0.703. The van der Waals surface area contributed by atoms with Gasteiger partial charge in [0.15, 0.2) is 0 Å². The fourth-order valence-electron chi connectivity index (χ4n) is 2.80. The lowest BCUT2D eigenvalue weighted by Gasteiger charge is -2.39. The fourth-order valence-corrected chi connectivity index (χ4v) is 2.80. The Morgan fingerprint density at radius 3 is 2.44 bits per heavy atom. The van der Waals surface area contributed by atoms with Gasteiger partial charge in [-0.2, -0.15) is 0 Å². The van der Waals surface area contributed by atoms with Crippen molar-refractivity contribution in [2.45, 2.75) is 77.9 Å². The zero-order valence-electron chi connectivity index (χ0n) is 11.6. The van der Waals surface area contributed by atoms with Crippen LogP contribution in [0.4, 0.5) is 0 Å². The molecule has 1 unspecified atom stereocenters. The van der Waals surface area contributed by atoms with Crippen LogP contribution in [0.1, 0.15) is 59.8 Å². The summed E-state index contributed by atoms with van der Waals surface area (Å²) in [7, 11) is 0. The summed E-state index contributed by atoms with van der Waals surface area (Å²) in [6, 6.07) is 2.19. The van der Waals surface area contributed by atoms with Crippen LogP contribution in [0.15, 0.2) is 0 Å². The Hall–Kier alpha value is -0.0800. The summed E-state index contributed by atoms with van der Waals surface area (Å²) >= 11 is 0. The van der Waals surface area contributed by atoms with E-state index in [1.807, 2.05) is 0 Å². The largest absolute Gasteiger partial charge is 0.312 e. The maximum Gasteiger partial charge on any atom is 0.0223 e. The lowest BCUT2D eigenvalue weighted by molar-refractivity contribution is 0.108.